The van der Waals surface area contributed by atoms with Crippen LogP contribution in [0.1, 0.15) is 20.8 Å². The number of likely N-dealkylation sites (N-methyl/N-ethyl adjacent to an activating group) is 1. The number of nitrogens with zero attached hydrogens (tertiary/aromatic N) is 1. The molecule has 0 aliphatic heterocycles. The van der Waals surface area contributed by atoms with E-state index in [-0.39, 0.29) is 13.2 Å². The van der Waals surface area contributed by atoms with Crippen molar-refractivity contribution in [3.05, 3.63) is 12.2 Å². The molecule has 0 heterocycles. The molecule has 0 rings (SSSR count). The molecule has 0 saturated heterocycles. The number of ether oxygens (including phenoxy) is 2. The van der Waals surface area contributed by atoms with E-state index in [1.807, 2.05) is 0 Å². The molecular weight excluding hydrogens is 238 g/mol. The van der Waals surface area contributed by atoms with Crippen molar-refractivity contribution in [3.63, 3.8) is 0 Å². The molecule has 0 aromatic heterocycles. The van der Waals surface area contributed by atoms with Gasteiger partial charge in [0.1, 0.15) is 0 Å². The molecule has 6 heteroatoms. The summed E-state index contributed by atoms with van der Waals surface area (Å²) >= 11 is 0. The van der Waals surface area contributed by atoms with Gasteiger partial charge >= 0.3 is 11.9 Å². The summed E-state index contributed by atoms with van der Waals surface area (Å²) in [6.07, 6.45) is 2.78. The lowest BCUT2D eigenvalue weighted by atomic mass is 10.2. The zero-order valence-corrected chi connectivity index (χ0v) is 11.1. The highest BCUT2D eigenvalue weighted by Crippen LogP contribution is 2.04. The van der Waals surface area contributed by atoms with Crippen LogP contribution in [0.3, 0.4) is 0 Å². The van der Waals surface area contributed by atoms with Crippen molar-refractivity contribution in [1.29, 1.82) is 0 Å². The summed E-state index contributed by atoms with van der Waals surface area (Å²) in [5.74, 6) is -2.06. The van der Waals surface area contributed by atoms with Crippen molar-refractivity contribution in [3.8, 4) is 0 Å². The molecule has 0 spiro atoms. The van der Waals surface area contributed by atoms with Gasteiger partial charge in [0.05, 0.1) is 13.2 Å². The monoisotopic (exact) mass is 257 g/mol. The summed E-state index contributed by atoms with van der Waals surface area (Å²) in [4.78, 5) is 36.0. The molecule has 18 heavy (non-hydrogen) atoms. The molecule has 0 bridgehead atoms. The largest absolute Gasteiger partial charge is 0.464 e. The van der Waals surface area contributed by atoms with Gasteiger partial charge in [0.25, 0.3) is 0 Å². The fraction of sp³-hybridized carbons (Fsp3) is 0.583. The van der Waals surface area contributed by atoms with Crippen LogP contribution in [-0.4, -0.2) is 49.0 Å². The van der Waals surface area contributed by atoms with Gasteiger partial charge in [-0.2, -0.15) is 0 Å². The second-order valence-electron chi connectivity index (χ2n) is 3.36. The van der Waals surface area contributed by atoms with Crippen LogP contribution in [0.15, 0.2) is 12.2 Å². The third-order valence-corrected chi connectivity index (χ3v) is 2.06. The molecule has 0 aliphatic carbocycles. The number of hydrogen-bond donors (Lipinski definition) is 0. The predicted molar refractivity (Wildman–Crippen MR) is 64.6 cm³/mol. The SMILES string of the molecule is CC=CC(=O)N(C)C(C(=O)OCC)C(=O)OCC. The van der Waals surface area contributed by atoms with Crippen LogP contribution in [0.4, 0.5) is 0 Å². The molecule has 0 fully saturated rings. The van der Waals surface area contributed by atoms with E-state index in [1.54, 1.807) is 20.8 Å². The van der Waals surface area contributed by atoms with Gasteiger partial charge in [-0.3, -0.25) is 4.79 Å². The summed E-state index contributed by atoms with van der Waals surface area (Å²) in [6.45, 7) is 5.15. The zero-order valence-electron chi connectivity index (χ0n) is 11.1. The van der Waals surface area contributed by atoms with Crippen LogP contribution in [0.2, 0.25) is 0 Å². The Morgan fingerprint density at radius 2 is 1.56 bits per heavy atom. The minimum Gasteiger partial charge on any atom is -0.464 e. The molecule has 0 aromatic carbocycles. The lowest BCUT2D eigenvalue weighted by molar-refractivity contribution is -0.165. The number of allylic oxidation sites excluding steroid dienone is 1. The molecule has 0 radical (unpaired) electrons. The number of amides is 1. The van der Waals surface area contributed by atoms with Crippen molar-refractivity contribution in [2.75, 3.05) is 20.3 Å². The Morgan fingerprint density at radius 1 is 1.11 bits per heavy atom. The van der Waals surface area contributed by atoms with E-state index in [0.717, 1.165) is 4.90 Å². The molecule has 1 amide bonds. The minimum atomic E-state index is -1.37. The van der Waals surface area contributed by atoms with Crippen LogP contribution in [0.5, 0.6) is 0 Å². The Morgan fingerprint density at radius 3 is 1.89 bits per heavy atom. The lowest BCUT2D eigenvalue weighted by Crippen LogP contribution is -2.48. The molecule has 102 valence electrons. The van der Waals surface area contributed by atoms with E-state index in [1.165, 1.54) is 19.2 Å². The Balaban J connectivity index is 5.01. The Hall–Kier alpha value is -1.85. The smallest absolute Gasteiger partial charge is 0.340 e. The summed E-state index contributed by atoms with van der Waals surface area (Å²) in [5.41, 5.74) is 0. The standard InChI is InChI=1S/C12H19NO5/c1-5-8-9(14)13(4)10(11(15)17-6-2)12(16)18-7-3/h5,8,10H,6-7H2,1-4H3. The Kier molecular flexibility index (Phi) is 7.42. The van der Waals surface area contributed by atoms with E-state index >= 15 is 0 Å². The molecule has 0 aliphatic rings. The molecule has 0 saturated carbocycles. The predicted octanol–water partition coefficient (Wildman–Crippen LogP) is 0.516. The maximum absolute atomic E-state index is 11.7. The first-order chi connectivity index (χ1) is 8.49. The number of carbonyl (C=O) groups excluding carboxylic acids is 3. The van der Waals surface area contributed by atoms with Gasteiger partial charge in [-0.15, -0.1) is 0 Å². The van der Waals surface area contributed by atoms with Crippen LogP contribution >= 0.6 is 0 Å². The normalized spacial score (nSPS) is 10.5. The second-order valence-corrected chi connectivity index (χ2v) is 3.36. The number of rotatable bonds is 6. The number of hydrogen-bond acceptors (Lipinski definition) is 5. The average molecular weight is 257 g/mol. The van der Waals surface area contributed by atoms with Gasteiger partial charge in [0, 0.05) is 7.05 Å². The van der Waals surface area contributed by atoms with E-state index in [9.17, 15) is 14.4 Å². The summed E-state index contributed by atoms with van der Waals surface area (Å²) in [7, 11) is 1.35. The van der Waals surface area contributed by atoms with Crippen molar-refractivity contribution in [1.82, 2.24) is 4.90 Å². The summed E-state index contributed by atoms with van der Waals surface area (Å²) in [5, 5.41) is 0. The fourth-order valence-electron chi connectivity index (χ4n) is 1.24. The van der Waals surface area contributed by atoms with Gasteiger partial charge in [-0.25, -0.2) is 9.59 Å². The van der Waals surface area contributed by atoms with Crippen LogP contribution in [0, 0.1) is 0 Å². The Bertz CT molecular complexity index is 319. The Labute approximate surface area is 107 Å². The zero-order chi connectivity index (χ0) is 14.1. The van der Waals surface area contributed by atoms with Crippen LogP contribution in [-0.2, 0) is 23.9 Å². The van der Waals surface area contributed by atoms with Crippen LogP contribution in [0.25, 0.3) is 0 Å². The number of esters is 2. The summed E-state index contributed by atoms with van der Waals surface area (Å²) < 4.78 is 9.53. The highest BCUT2D eigenvalue weighted by molar-refractivity contribution is 6.03. The topological polar surface area (TPSA) is 72.9 Å². The second kappa shape index (κ2) is 8.27. The van der Waals surface area contributed by atoms with Gasteiger partial charge in [-0.1, -0.05) is 6.08 Å². The van der Waals surface area contributed by atoms with E-state index in [2.05, 4.69) is 0 Å². The molecule has 0 unspecified atom stereocenters. The first kappa shape index (κ1) is 16.1. The summed E-state index contributed by atoms with van der Waals surface area (Å²) in [6, 6.07) is -1.37. The first-order valence-corrected chi connectivity index (χ1v) is 5.72. The van der Waals surface area contributed by atoms with Crippen molar-refractivity contribution < 1.29 is 23.9 Å². The maximum Gasteiger partial charge on any atom is 0.340 e. The third-order valence-electron chi connectivity index (χ3n) is 2.06. The maximum atomic E-state index is 11.7. The van der Waals surface area contributed by atoms with Gasteiger partial charge < -0.3 is 14.4 Å². The van der Waals surface area contributed by atoms with Gasteiger partial charge in [0.2, 0.25) is 11.9 Å². The molecule has 0 aromatic rings. The lowest BCUT2D eigenvalue weighted by Gasteiger charge is -2.23. The first-order valence-electron chi connectivity index (χ1n) is 5.72. The van der Waals surface area contributed by atoms with E-state index < -0.39 is 23.9 Å². The fourth-order valence-corrected chi connectivity index (χ4v) is 1.24. The highest BCUT2D eigenvalue weighted by atomic mass is 16.6. The molecular formula is C12H19NO5. The van der Waals surface area contributed by atoms with Crippen molar-refractivity contribution >= 4 is 17.8 Å². The van der Waals surface area contributed by atoms with Gasteiger partial charge in [0.15, 0.2) is 0 Å². The van der Waals surface area contributed by atoms with Gasteiger partial charge in [-0.05, 0) is 26.8 Å². The highest BCUT2D eigenvalue weighted by Gasteiger charge is 2.35. The van der Waals surface area contributed by atoms with Crippen molar-refractivity contribution in [2.24, 2.45) is 0 Å². The minimum absolute atomic E-state index is 0.125. The van der Waals surface area contributed by atoms with E-state index in [4.69, 9.17) is 9.47 Å². The molecule has 0 N–H and O–H groups in total. The third kappa shape index (κ3) is 4.57. The molecule has 6 nitrogen and oxygen atoms in total. The number of carbonyl (C=O) groups is 3. The molecule has 0 atom stereocenters. The van der Waals surface area contributed by atoms with E-state index in [0.29, 0.717) is 0 Å². The van der Waals surface area contributed by atoms with Crippen molar-refractivity contribution in [2.45, 2.75) is 26.8 Å². The average Bonchev–Trinajstić information content (AvgIpc) is 2.30. The quantitative estimate of drug-likeness (QED) is 0.394. The van der Waals surface area contributed by atoms with Crippen LogP contribution < -0.4 is 0 Å².